The van der Waals surface area contributed by atoms with Crippen LogP contribution in [0.4, 0.5) is 13.2 Å². The Morgan fingerprint density at radius 1 is 0.925 bits per heavy atom. The smallest absolute Gasteiger partial charge is 0.388 e. The zero-order chi connectivity index (χ0) is 36.2. The van der Waals surface area contributed by atoms with Crippen molar-refractivity contribution in [2.45, 2.75) is 69.7 Å². The van der Waals surface area contributed by atoms with Gasteiger partial charge < -0.3 is 5.11 Å². The van der Waals surface area contributed by atoms with E-state index in [1.54, 1.807) is 6.07 Å². The number of aliphatic hydroxyl groups is 1. The van der Waals surface area contributed by atoms with Gasteiger partial charge in [0.15, 0.2) is 0 Å². The largest absolute Gasteiger partial charge is 0.416 e. The molecule has 53 heavy (non-hydrogen) atoms. The summed E-state index contributed by atoms with van der Waals surface area (Å²) in [6.07, 6.45) is 7.09. The third-order valence-electron chi connectivity index (χ3n) is 13.4. The molecule has 0 fully saturated rings. The highest BCUT2D eigenvalue weighted by Crippen LogP contribution is 2.62. The van der Waals surface area contributed by atoms with Crippen LogP contribution in [0.3, 0.4) is 0 Å². The minimum Gasteiger partial charge on any atom is -0.388 e. The Labute approximate surface area is 314 Å². The van der Waals surface area contributed by atoms with Gasteiger partial charge in [-0.3, -0.25) is 4.90 Å². The molecule has 0 spiro atoms. The summed E-state index contributed by atoms with van der Waals surface area (Å²) in [4.78, 5) is 2.13. The predicted octanol–water partition coefficient (Wildman–Crippen LogP) is 9.54. The lowest BCUT2D eigenvalue weighted by Gasteiger charge is -2.51. The van der Waals surface area contributed by atoms with Gasteiger partial charge in [0.2, 0.25) is 0 Å². The van der Waals surface area contributed by atoms with Gasteiger partial charge in [0.1, 0.15) is 0 Å². The van der Waals surface area contributed by atoms with E-state index in [2.05, 4.69) is 105 Å². The first-order chi connectivity index (χ1) is 24.7. The molecule has 0 bridgehead atoms. The van der Waals surface area contributed by atoms with E-state index < -0.39 is 23.3 Å². The molecule has 6 aliphatic carbocycles. The molecular formula is C47H43ClF3NO. The lowest BCUT2D eigenvalue weighted by molar-refractivity contribution is -0.137. The standard InChI is InChI=1S/C47H42F3NO.ClH/c1-45(2)23-27-14-17-29-31-20-32-30-16-13-24-9-7-10-25-15-18-35(42(30)38(24)25)46(3,4)36(32)21-33(31)39(26-11-8-12-28(19-26)47(48,49)50)34-22-37(51(5)6)43(44(45)52)40(27)41(29)34;/h7-20,22-23,30,36-37,39,44,52H,21H2,1-6H3;1H/t30?,36?,37-,39-,44+;/m0./s1. The third-order valence-corrected chi connectivity index (χ3v) is 13.4. The molecule has 0 radical (unpaired) electrons. The molecular weight excluding hydrogens is 687 g/mol. The molecule has 0 amide bonds. The molecule has 0 aromatic heterocycles. The first-order valence-corrected chi connectivity index (χ1v) is 18.5. The maximum Gasteiger partial charge on any atom is 0.416 e. The van der Waals surface area contributed by atoms with Crippen LogP contribution in [-0.2, 0) is 11.6 Å². The highest BCUT2D eigenvalue weighted by molar-refractivity contribution is 6.01. The molecule has 5 atom stereocenters. The van der Waals surface area contributed by atoms with Crippen molar-refractivity contribution in [3.05, 3.63) is 145 Å². The first kappa shape index (κ1) is 34.6. The number of nitrogens with zero attached hydrogens (tertiary/aromatic N) is 1. The van der Waals surface area contributed by atoms with E-state index >= 15 is 0 Å². The van der Waals surface area contributed by atoms with Gasteiger partial charge in [-0.05, 0) is 115 Å². The van der Waals surface area contributed by atoms with Crippen LogP contribution in [0.25, 0.3) is 39.6 Å². The average molecular weight is 730 g/mol. The number of rotatable bonds is 2. The molecule has 2 unspecified atom stereocenters. The summed E-state index contributed by atoms with van der Waals surface area (Å²) < 4.78 is 43.1. The maximum absolute atomic E-state index is 14.4. The van der Waals surface area contributed by atoms with E-state index in [-0.39, 0.29) is 41.6 Å². The number of hydrogen-bond acceptors (Lipinski definition) is 2. The number of fused-ring (bicyclic) bond motifs is 3. The van der Waals surface area contributed by atoms with Crippen LogP contribution in [0.15, 0.2) is 96.1 Å². The summed E-state index contributed by atoms with van der Waals surface area (Å²) in [6.45, 7) is 8.87. The molecule has 6 heteroatoms. The van der Waals surface area contributed by atoms with Gasteiger partial charge in [-0.1, -0.05) is 124 Å². The fourth-order valence-corrected chi connectivity index (χ4v) is 10.9. The summed E-state index contributed by atoms with van der Waals surface area (Å²) in [5.74, 6) is -0.0854. The average Bonchev–Trinajstić information content (AvgIpc) is 3.10. The fraction of sp³-hybridized carbons (Fsp3) is 0.319. The third kappa shape index (κ3) is 4.60. The fourth-order valence-electron chi connectivity index (χ4n) is 10.9. The van der Waals surface area contributed by atoms with Crippen LogP contribution in [-0.4, -0.2) is 36.2 Å². The Hall–Kier alpha value is -4.16. The van der Waals surface area contributed by atoms with Gasteiger partial charge in [0.05, 0.1) is 17.7 Å². The van der Waals surface area contributed by atoms with Crippen molar-refractivity contribution in [3.63, 3.8) is 0 Å². The van der Waals surface area contributed by atoms with Gasteiger partial charge in [0, 0.05) is 17.3 Å². The second kappa shape index (κ2) is 11.2. The SMILES string of the molecule is CN(C)[C@H]1C=C2c3c(ccc4c3=C1[C@@H](O)C(C)(C)C=4)C1=C(CC3C(=C1)C1C=Cc4cccc5ccc(c1c45)C3(C)C)[C@@H]2c1cccc(C(F)(F)F)c1.Cl. The van der Waals surface area contributed by atoms with E-state index in [0.717, 1.165) is 44.7 Å². The Balaban J connectivity index is 0.00000372. The summed E-state index contributed by atoms with van der Waals surface area (Å²) in [6, 6.07) is 21.4. The number of aliphatic hydroxyl groups excluding tert-OH is 1. The van der Waals surface area contributed by atoms with Crippen molar-refractivity contribution >= 4 is 52.1 Å². The zero-order valence-corrected chi connectivity index (χ0v) is 31.6. The molecule has 2 nitrogen and oxygen atoms in total. The molecule has 0 heterocycles. The second-order valence-corrected chi connectivity index (χ2v) is 17.2. The number of alkyl halides is 3. The number of halogens is 4. The summed E-state index contributed by atoms with van der Waals surface area (Å²) in [7, 11) is 4.05. The van der Waals surface area contributed by atoms with Gasteiger partial charge >= 0.3 is 6.18 Å². The van der Waals surface area contributed by atoms with Gasteiger partial charge in [-0.15, -0.1) is 12.4 Å². The Kier molecular flexibility index (Phi) is 7.31. The molecule has 0 saturated heterocycles. The molecule has 10 rings (SSSR count). The van der Waals surface area contributed by atoms with Crippen molar-refractivity contribution in [2.75, 3.05) is 14.1 Å². The Bertz CT molecular complexity index is 2560. The van der Waals surface area contributed by atoms with Gasteiger partial charge in [-0.25, -0.2) is 0 Å². The quantitative estimate of drug-likeness (QED) is 0.222. The number of benzene rings is 4. The summed E-state index contributed by atoms with van der Waals surface area (Å²) in [5, 5.41) is 16.7. The molecule has 4 aromatic carbocycles. The van der Waals surface area contributed by atoms with Crippen LogP contribution in [0, 0.1) is 11.3 Å². The lowest BCUT2D eigenvalue weighted by atomic mass is 9.53. The molecule has 270 valence electrons. The number of likely N-dealkylation sites (N-methyl/N-ethyl adjacent to an activating group) is 1. The van der Waals surface area contributed by atoms with Crippen molar-refractivity contribution in [2.24, 2.45) is 11.3 Å². The van der Waals surface area contributed by atoms with Crippen molar-refractivity contribution in [3.8, 4) is 0 Å². The normalized spacial score (nSPS) is 26.5. The van der Waals surface area contributed by atoms with E-state index in [4.69, 9.17) is 0 Å². The number of hydrogen-bond donors (Lipinski definition) is 1. The Morgan fingerprint density at radius 3 is 2.45 bits per heavy atom. The van der Waals surface area contributed by atoms with Crippen LogP contribution >= 0.6 is 12.4 Å². The predicted molar refractivity (Wildman–Crippen MR) is 212 cm³/mol. The Morgan fingerprint density at radius 2 is 1.70 bits per heavy atom. The van der Waals surface area contributed by atoms with E-state index in [9.17, 15) is 18.3 Å². The van der Waals surface area contributed by atoms with Crippen LogP contribution in [0.1, 0.15) is 84.9 Å². The summed E-state index contributed by atoms with van der Waals surface area (Å²) >= 11 is 0. The van der Waals surface area contributed by atoms with Crippen molar-refractivity contribution in [1.82, 2.24) is 4.90 Å². The van der Waals surface area contributed by atoms with E-state index in [1.165, 1.54) is 50.7 Å². The highest BCUT2D eigenvalue weighted by atomic mass is 35.5. The van der Waals surface area contributed by atoms with Crippen molar-refractivity contribution in [1.29, 1.82) is 0 Å². The lowest BCUT2D eigenvalue weighted by Crippen LogP contribution is -2.52. The number of allylic oxidation sites excluding steroid dienone is 6. The van der Waals surface area contributed by atoms with Gasteiger partial charge in [0.25, 0.3) is 0 Å². The van der Waals surface area contributed by atoms with Gasteiger partial charge in [-0.2, -0.15) is 13.2 Å². The van der Waals surface area contributed by atoms with Crippen LogP contribution < -0.4 is 10.4 Å². The zero-order valence-electron chi connectivity index (χ0n) is 30.8. The second-order valence-electron chi connectivity index (χ2n) is 17.2. The van der Waals surface area contributed by atoms with E-state index in [0.29, 0.717) is 5.56 Å². The molecule has 4 aromatic rings. The monoisotopic (exact) mass is 729 g/mol. The topological polar surface area (TPSA) is 23.5 Å². The molecule has 0 saturated carbocycles. The maximum atomic E-state index is 14.4. The highest BCUT2D eigenvalue weighted by Gasteiger charge is 2.50. The van der Waals surface area contributed by atoms with E-state index in [1.807, 2.05) is 20.2 Å². The molecule has 6 aliphatic rings. The molecule has 1 N–H and O–H groups in total. The van der Waals surface area contributed by atoms with Crippen LogP contribution in [0.2, 0.25) is 0 Å². The van der Waals surface area contributed by atoms with Crippen LogP contribution in [0.5, 0.6) is 0 Å². The molecule has 0 aliphatic heterocycles. The minimum atomic E-state index is -4.46. The van der Waals surface area contributed by atoms with Crippen molar-refractivity contribution < 1.29 is 18.3 Å². The summed E-state index contributed by atoms with van der Waals surface area (Å²) in [5.41, 5.74) is 11.3. The minimum absolute atomic E-state index is 0. The first-order valence-electron chi connectivity index (χ1n) is 18.5.